The Labute approximate surface area is 114 Å². The summed E-state index contributed by atoms with van der Waals surface area (Å²) in [6.07, 6.45) is 0. The van der Waals surface area contributed by atoms with E-state index in [1.54, 1.807) is 0 Å². The third-order valence-corrected chi connectivity index (χ3v) is 3.74. The van der Waals surface area contributed by atoms with E-state index < -0.39 is 0 Å². The Hall–Kier alpha value is -0.0600. The molecule has 2 nitrogen and oxygen atoms in total. The van der Waals surface area contributed by atoms with Crippen molar-refractivity contribution in [3.63, 3.8) is 0 Å². The van der Waals surface area contributed by atoms with Gasteiger partial charge in [-0.05, 0) is 24.6 Å². The van der Waals surface area contributed by atoms with Gasteiger partial charge in [0, 0.05) is 35.7 Å². The standard InChI is InChI=1S/C12H17Br2NO/c1-3-16-7-6-15(2)11-5-4-10(9-13)12(14)8-11/h4-5,8H,3,6-7,9H2,1-2H3. The van der Waals surface area contributed by atoms with Gasteiger partial charge in [0.15, 0.2) is 0 Å². The molecule has 0 spiro atoms. The predicted molar refractivity (Wildman–Crippen MR) is 76.5 cm³/mol. The zero-order valence-electron chi connectivity index (χ0n) is 9.67. The van der Waals surface area contributed by atoms with Crippen LogP contribution in [0.25, 0.3) is 0 Å². The highest BCUT2D eigenvalue weighted by Gasteiger charge is 2.04. The van der Waals surface area contributed by atoms with Crippen molar-refractivity contribution in [2.24, 2.45) is 0 Å². The number of alkyl halides is 1. The Morgan fingerprint density at radius 1 is 1.38 bits per heavy atom. The van der Waals surface area contributed by atoms with Crippen LogP contribution in [0, 0.1) is 0 Å². The Morgan fingerprint density at radius 2 is 2.12 bits per heavy atom. The van der Waals surface area contributed by atoms with Gasteiger partial charge >= 0.3 is 0 Å². The van der Waals surface area contributed by atoms with E-state index >= 15 is 0 Å². The van der Waals surface area contributed by atoms with Crippen LogP contribution in [0.4, 0.5) is 5.69 Å². The van der Waals surface area contributed by atoms with Gasteiger partial charge in [-0.15, -0.1) is 0 Å². The van der Waals surface area contributed by atoms with E-state index in [4.69, 9.17) is 4.74 Å². The Kier molecular flexibility index (Phi) is 6.39. The number of benzene rings is 1. The summed E-state index contributed by atoms with van der Waals surface area (Å²) in [6, 6.07) is 6.40. The summed E-state index contributed by atoms with van der Waals surface area (Å²) in [6.45, 7) is 4.47. The number of halogens is 2. The fourth-order valence-corrected chi connectivity index (χ4v) is 2.73. The number of hydrogen-bond acceptors (Lipinski definition) is 2. The second-order valence-corrected chi connectivity index (χ2v) is 4.94. The van der Waals surface area contributed by atoms with E-state index in [0.29, 0.717) is 0 Å². The molecule has 1 rings (SSSR count). The van der Waals surface area contributed by atoms with Crippen molar-refractivity contribution in [1.29, 1.82) is 0 Å². The van der Waals surface area contributed by atoms with Crippen molar-refractivity contribution in [2.75, 3.05) is 31.7 Å². The highest BCUT2D eigenvalue weighted by atomic mass is 79.9. The Balaban J connectivity index is 2.62. The maximum atomic E-state index is 5.34. The van der Waals surface area contributed by atoms with Crippen molar-refractivity contribution in [3.8, 4) is 0 Å². The highest BCUT2D eigenvalue weighted by molar-refractivity contribution is 9.10. The van der Waals surface area contributed by atoms with Crippen LogP contribution in [0.3, 0.4) is 0 Å². The summed E-state index contributed by atoms with van der Waals surface area (Å²) in [5.41, 5.74) is 2.47. The van der Waals surface area contributed by atoms with Gasteiger partial charge in [-0.2, -0.15) is 0 Å². The average Bonchev–Trinajstić information content (AvgIpc) is 2.29. The lowest BCUT2D eigenvalue weighted by Gasteiger charge is -2.20. The van der Waals surface area contributed by atoms with E-state index in [1.165, 1.54) is 11.3 Å². The van der Waals surface area contributed by atoms with Gasteiger partial charge in [0.25, 0.3) is 0 Å². The largest absolute Gasteiger partial charge is 0.380 e. The van der Waals surface area contributed by atoms with E-state index in [0.717, 1.165) is 29.6 Å². The molecule has 0 N–H and O–H groups in total. The Bertz CT molecular complexity index is 331. The SMILES string of the molecule is CCOCCN(C)c1ccc(CBr)c(Br)c1. The van der Waals surface area contributed by atoms with Gasteiger partial charge in [0.2, 0.25) is 0 Å². The summed E-state index contributed by atoms with van der Waals surface area (Å²) in [5.74, 6) is 0. The minimum Gasteiger partial charge on any atom is -0.380 e. The summed E-state index contributed by atoms with van der Waals surface area (Å²) in [5, 5.41) is 0.872. The molecule has 0 aliphatic carbocycles. The van der Waals surface area contributed by atoms with Crippen molar-refractivity contribution in [3.05, 3.63) is 28.2 Å². The molecule has 0 aliphatic heterocycles. The number of hydrogen-bond donors (Lipinski definition) is 0. The van der Waals surface area contributed by atoms with Gasteiger partial charge in [-0.25, -0.2) is 0 Å². The fraction of sp³-hybridized carbons (Fsp3) is 0.500. The van der Waals surface area contributed by atoms with Crippen molar-refractivity contribution in [1.82, 2.24) is 0 Å². The molecule has 0 saturated heterocycles. The van der Waals surface area contributed by atoms with Crippen LogP contribution in [0.5, 0.6) is 0 Å². The number of anilines is 1. The second kappa shape index (κ2) is 7.30. The molecular weight excluding hydrogens is 334 g/mol. The number of likely N-dealkylation sites (N-methyl/N-ethyl adjacent to an activating group) is 1. The summed E-state index contributed by atoms with van der Waals surface area (Å²) < 4.78 is 6.48. The van der Waals surface area contributed by atoms with Crippen LogP contribution in [0.2, 0.25) is 0 Å². The lowest BCUT2D eigenvalue weighted by atomic mass is 10.2. The molecule has 0 aromatic heterocycles. The van der Waals surface area contributed by atoms with Crippen molar-refractivity contribution < 1.29 is 4.74 Å². The molecule has 0 fully saturated rings. The summed E-state index contributed by atoms with van der Waals surface area (Å²) in [4.78, 5) is 2.19. The summed E-state index contributed by atoms with van der Waals surface area (Å²) >= 11 is 7.03. The van der Waals surface area contributed by atoms with Crippen molar-refractivity contribution >= 4 is 37.5 Å². The number of ether oxygens (including phenoxy) is 1. The predicted octanol–water partition coefficient (Wildman–Crippen LogP) is 3.82. The summed E-state index contributed by atoms with van der Waals surface area (Å²) in [7, 11) is 2.08. The van der Waals surface area contributed by atoms with Gasteiger partial charge in [-0.1, -0.05) is 37.9 Å². The molecular formula is C12H17Br2NO. The molecule has 0 saturated carbocycles. The maximum Gasteiger partial charge on any atom is 0.0641 e. The molecule has 0 atom stereocenters. The van der Waals surface area contributed by atoms with E-state index in [9.17, 15) is 0 Å². The first-order valence-corrected chi connectivity index (χ1v) is 7.23. The molecule has 1 aromatic rings. The topological polar surface area (TPSA) is 12.5 Å². The first kappa shape index (κ1) is 14.0. The fourth-order valence-electron chi connectivity index (χ4n) is 1.36. The zero-order valence-corrected chi connectivity index (χ0v) is 12.8. The minimum atomic E-state index is 0.769. The lowest BCUT2D eigenvalue weighted by Crippen LogP contribution is -2.22. The third kappa shape index (κ3) is 4.07. The molecule has 0 amide bonds. The van der Waals surface area contributed by atoms with E-state index in [2.05, 4.69) is 62.0 Å². The van der Waals surface area contributed by atoms with Gasteiger partial charge in [-0.3, -0.25) is 0 Å². The molecule has 16 heavy (non-hydrogen) atoms. The lowest BCUT2D eigenvalue weighted by molar-refractivity contribution is 0.154. The van der Waals surface area contributed by atoms with Crippen LogP contribution in [0.15, 0.2) is 22.7 Å². The normalized spacial score (nSPS) is 10.5. The van der Waals surface area contributed by atoms with Crippen LogP contribution in [-0.2, 0) is 10.1 Å². The third-order valence-electron chi connectivity index (χ3n) is 2.40. The van der Waals surface area contributed by atoms with Gasteiger partial charge < -0.3 is 9.64 Å². The zero-order chi connectivity index (χ0) is 12.0. The van der Waals surface area contributed by atoms with E-state index in [-0.39, 0.29) is 0 Å². The van der Waals surface area contributed by atoms with Gasteiger partial charge in [0.05, 0.1) is 6.61 Å². The van der Waals surface area contributed by atoms with E-state index in [1.807, 2.05) is 6.92 Å². The molecule has 0 unspecified atom stereocenters. The molecule has 1 aromatic carbocycles. The number of rotatable bonds is 6. The van der Waals surface area contributed by atoms with Crippen LogP contribution >= 0.6 is 31.9 Å². The molecule has 0 heterocycles. The van der Waals surface area contributed by atoms with Crippen molar-refractivity contribution in [2.45, 2.75) is 12.3 Å². The molecule has 90 valence electrons. The second-order valence-electron chi connectivity index (χ2n) is 3.53. The first-order valence-electron chi connectivity index (χ1n) is 5.32. The molecule has 0 aliphatic rings. The quantitative estimate of drug-likeness (QED) is 0.571. The number of nitrogens with zero attached hydrogens (tertiary/aromatic N) is 1. The monoisotopic (exact) mass is 349 g/mol. The Morgan fingerprint density at radius 3 is 2.69 bits per heavy atom. The first-order chi connectivity index (χ1) is 7.69. The average molecular weight is 351 g/mol. The van der Waals surface area contributed by atoms with Crippen LogP contribution in [-0.4, -0.2) is 26.8 Å². The maximum absolute atomic E-state index is 5.34. The molecule has 0 radical (unpaired) electrons. The molecule has 4 heteroatoms. The smallest absolute Gasteiger partial charge is 0.0641 e. The molecule has 0 bridgehead atoms. The highest BCUT2D eigenvalue weighted by Crippen LogP contribution is 2.25. The van der Waals surface area contributed by atoms with Crippen LogP contribution in [0.1, 0.15) is 12.5 Å². The van der Waals surface area contributed by atoms with Gasteiger partial charge in [0.1, 0.15) is 0 Å². The van der Waals surface area contributed by atoms with Crippen LogP contribution < -0.4 is 4.90 Å². The minimum absolute atomic E-state index is 0.769.